The summed E-state index contributed by atoms with van der Waals surface area (Å²) in [5.41, 5.74) is 1.37. The molecule has 2 amide bonds. The van der Waals surface area contributed by atoms with Crippen molar-refractivity contribution in [2.45, 2.75) is 18.9 Å². The summed E-state index contributed by atoms with van der Waals surface area (Å²) in [7, 11) is 0. The summed E-state index contributed by atoms with van der Waals surface area (Å²) in [6.07, 6.45) is 1.63. The first kappa shape index (κ1) is 19.3. The number of carbonyl (C=O) groups excluding carboxylic acids is 2. The van der Waals surface area contributed by atoms with Crippen LogP contribution < -0.4 is 20.1 Å². The van der Waals surface area contributed by atoms with E-state index in [0.717, 1.165) is 31.6 Å². The standard InChI is InChI=1S/C22H25N3O4/c26-21(23-17-4-2-1-3-5-17)15-25-10-8-18(9-11-25)24-22(27)16-6-7-19-20(14-16)29-13-12-28-19/h1-7,14,18H,8-13,15H2,(H,23,26)(H,24,27). The molecule has 0 radical (unpaired) electrons. The van der Waals surface area contributed by atoms with Crippen LogP contribution >= 0.6 is 0 Å². The van der Waals surface area contributed by atoms with Gasteiger partial charge < -0.3 is 20.1 Å². The topological polar surface area (TPSA) is 79.9 Å². The normalized spacial score (nSPS) is 16.8. The molecule has 4 rings (SSSR count). The molecule has 0 saturated carbocycles. The number of nitrogens with zero attached hydrogens (tertiary/aromatic N) is 1. The molecule has 0 aromatic heterocycles. The highest BCUT2D eigenvalue weighted by Crippen LogP contribution is 2.30. The zero-order chi connectivity index (χ0) is 20.1. The number of hydrogen-bond donors (Lipinski definition) is 2. The van der Waals surface area contributed by atoms with Gasteiger partial charge in [0.2, 0.25) is 5.91 Å². The van der Waals surface area contributed by atoms with Crippen molar-refractivity contribution in [2.75, 3.05) is 38.2 Å². The smallest absolute Gasteiger partial charge is 0.251 e. The van der Waals surface area contributed by atoms with E-state index in [0.29, 0.717) is 36.8 Å². The van der Waals surface area contributed by atoms with E-state index in [2.05, 4.69) is 15.5 Å². The molecular formula is C22H25N3O4. The lowest BCUT2D eigenvalue weighted by Crippen LogP contribution is -2.46. The second kappa shape index (κ2) is 8.96. The number of benzene rings is 2. The Kier molecular flexibility index (Phi) is 5.95. The molecule has 2 heterocycles. The van der Waals surface area contributed by atoms with Gasteiger partial charge in [0.15, 0.2) is 11.5 Å². The number of likely N-dealkylation sites (tertiary alicyclic amines) is 1. The average Bonchev–Trinajstić information content (AvgIpc) is 2.75. The van der Waals surface area contributed by atoms with Gasteiger partial charge in [0.25, 0.3) is 5.91 Å². The van der Waals surface area contributed by atoms with E-state index in [1.165, 1.54) is 0 Å². The number of anilines is 1. The van der Waals surface area contributed by atoms with E-state index in [9.17, 15) is 9.59 Å². The fraction of sp³-hybridized carbons (Fsp3) is 0.364. The van der Waals surface area contributed by atoms with Crippen molar-refractivity contribution in [1.29, 1.82) is 0 Å². The first-order chi connectivity index (χ1) is 14.2. The predicted molar refractivity (Wildman–Crippen MR) is 109 cm³/mol. The van der Waals surface area contributed by atoms with E-state index in [4.69, 9.17) is 9.47 Å². The Bertz CT molecular complexity index is 864. The fourth-order valence-electron chi connectivity index (χ4n) is 3.61. The Hall–Kier alpha value is -3.06. The highest BCUT2D eigenvalue weighted by atomic mass is 16.6. The molecule has 1 fully saturated rings. The molecule has 0 spiro atoms. The Morgan fingerprint density at radius 1 is 0.966 bits per heavy atom. The lowest BCUT2D eigenvalue weighted by atomic mass is 10.0. The van der Waals surface area contributed by atoms with Gasteiger partial charge in [-0.1, -0.05) is 18.2 Å². The van der Waals surface area contributed by atoms with Gasteiger partial charge >= 0.3 is 0 Å². The Morgan fingerprint density at radius 3 is 2.45 bits per heavy atom. The minimum Gasteiger partial charge on any atom is -0.486 e. The lowest BCUT2D eigenvalue weighted by molar-refractivity contribution is -0.117. The van der Waals surface area contributed by atoms with Crippen LogP contribution in [0, 0.1) is 0 Å². The molecule has 1 saturated heterocycles. The second-order valence-corrected chi connectivity index (χ2v) is 7.30. The molecule has 2 aliphatic rings. The van der Waals surface area contributed by atoms with Gasteiger partial charge in [-0.25, -0.2) is 0 Å². The van der Waals surface area contributed by atoms with Crippen molar-refractivity contribution in [1.82, 2.24) is 10.2 Å². The largest absolute Gasteiger partial charge is 0.486 e. The summed E-state index contributed by atoms with van der Waals surface area (Å²) in [6.45, 7) is 2.93. The number of para-hydroxylation sites is 1. The number of piperidine rings is 1. The third kappa shape index (κ3) is 5.06. The summed E-state index contributed by atoms with van der Waals surface area (Å²) in [5, 5.41) is 6.00. The van der Waals surface area contributed by atoms with Crippen molar-refractivity contribution in [2.24, 2.45) is 0 Å². The van der Waals surface area contributed by atoms with Crippen LogP contribution in [0.25, 0.3) is 0 Å². The van der Waals surface area contributed by atoms with Crippen molar-refractivity contribution in [3.8, 4) is 11.5 Å². The highest BCUT2D eigenvalue weighted by molar-refractivity contribution is 5.95. The fourth-order valence-corrected chi connectivity index (χ4v) is 3.61. The Balaban J connectivity index is 1.23. The van der Waals surface area contributed by atoms with Crippen LogP contribution in [0.5, 0.6) is 11.5 Å². The maximum atomic E-state index is 12.6. The van der Waals surface area contributed by atoms with Gasteiger partial charge in [0.05, 0.1) is 6.54 Å². The molecule has 152 valence electrons. The van der Waals surface area contributed by atoms with Crippen molar-refractivity contribution in [3.05, 3.63) is 54.1 Å². The van der Waals surface area contributed by atoms with Crippen LogP contribution in [-0.4, -0.2) is 55.6 Å². The first-order valence-electron chi connectivity index (χ1n) is 9.95. The van der Waals surface area contributed by atoms with Gasteiger partial charge in [-0.2, -0.15) is 0 Å². The molecule has 0 unspecified atom stereocenters. The molecule has 2 N–H and O–H groups in total. The molecule has 2 aromatic carbocycles. The van der Waals surface area contributed by atoms with Crippen LogP contribution in [-0.2, 0) is 4.79 Å². The zero-order valence-electron chi connectivity index (χ0n) is 16.2. The van der Waals surface area contributed by atoms with E-state index >= 15 is 0 Å². The molecule has 7 heteroatoms. The molecule has 2 aromatic rings. The van der Waals surface area contributed by atoms with Crippen LogP contribution in [0.2, 0.25) is 0 Å². The summed E-state index contributed by atoms with van der Waals surface area (Å²) in [5.74, 6) is 1.16. The van der Waals surface area contributed by atoms with Crippen LogP contribution in [0.15, 0.2) is 48.5 Å². The molecule has 29 heavy (non-hydrogen) atoms. The molecule has 2 aliphatic heterocycles. The van der Waals surface area contributed by atoms with E-state index < -0.39 is 0 Å². The minimum atomic E-state index is -0.109. The molecule has 7 nitrogen and oxygen atoms in total. The zero-order valence-corrected chi connectivity index (χ0v) is 16.2. The summed E-state index contributed by atoms with van der Waals surface area (Å²) < 4.78 is 11.0. The highest BCUT2D eigenvalue weighted by Gasteiger charge is 2.23. The minimum absolute atomic E-state index is 0.0186. The molecule has 0 bridgehead atoms. The van der Waals surface area contributed by atoms with Gasteiger partial charge in [0.1, 0.15) is 13.2 Å². The summed E-state index contributed by atoms with van der Waals surface area (Å²) >= 11 is 0. The van der Waals surface area contributed by atoms with Crippen LogP contribution in [0.1, 0.15) is 23.2 Å². The van der Waals surface area contributed by atoms with Crippen molar-refractivity contribution >= 4 is 17.5 Å². The number of hydrogen-bond acceptors (Lipinski definition) is 5. The number of carbonyl (C=O) groups is 2. The Labute approximate surface area is 170 Å². The summed E-state index contributed by atoms with van der Waals surface area (Å²) in [4.78, 5) is 26.9. The Morgan fingerprint density at radius 2 is 1.69 bits per heavy atom. The third-order valence-electron chi connectivity index (χ3n) is 5.15. The second-order valence-electron chi connectivity index (χ2n) is 7.30. The van der Waals surface area contributed by atoms with Crippen molar-refractivity contribution < 1.29 is 19.1 Å². The molecule has 0 aliphatic carbocycles. The maximum absolute atomic E-state index is 12.6. The maximum Gasteiger partial charge on any atom is 0.251 e. The van der Waals surface area contributed by atoms with E-state index in [-0.39, 0.29) is 17.9 Å². The first-order valence-corrected chi connectivity index (χ1v) is 9.95. The SMILES string of the molecule is O=C(CN1CCC(NC(=O)c2ccc3c(c2)OCCO3)CC1)Nc1ccccc1. The number of nitrogens with one attached hydrogen (secondary N) is 2. The van der Waals surface area contributed by atoms with E-state index in [1.54, 1.807) is 18.2 Å². The van der Waals surface area contributed by atoms with Crippen LogP contribution in [0.4, 0.5) is 5.69 Å². The number of rotatable bonds is 5. The van der Waals surface area contributed by atoms with Crippen LogP contribution in [0.3, 0.4) is 0 Å². The van der Waals surface area contributed by atoms with E-state index in [1.807, 2.05) is 30.3 Å². The average molecular weight is 395 g/mol. The van der Waals surface area contributed by atoms with Gasteiger partial charge in [-0.15, -0.1) is 0 Å². The predicted octanol–water partition coefficient (Wildman–Crippen LogP) is 2.29. The number of ether oxygens (including phenoxy) is 2. The van der Waals surface area contributed by atoms with Gasteiger partial charge in [-0.3, -0.25) is 14.5 Å². The third-order valence-corrected chi connectivity index (χ3v) is 5.15. The number of amides is 2. The summed E-state index contributed by atoms with van der Waals surface area (Å²) in [6, 6.07) is 14.8. The van der Waals surface area contributed by atoms with Crippen molar-refractivity contribution in [3.63, 3.8) is 0 Å². The molecular weight excluding hydrogens is 370 g/mol. The molecule has 0 atom stereocenters. The van der Waals surface area contributed by atoms with Gasteiger partial charge in [0, 0.05) is 30.4 Å². The monoisotopic (exact) mass is 395 g/mol. The number of fused-ring (bicyclic) bond motifs is 1. The van der Waals surface area contributed by atoms with Gasteiger partial charge in [-0.05, 0) is 43.2 Å². The quantitative estimate of drug-likeness (QED) is 0.812. The lowest BCUT2D eigenvalue weighted by Gasteiger charge is -2.32.